The molecular formula is C60H41N3Si. The summed E-state index contributed by atoms with van der Waals surface area (Å²) in [6.45, 7) is 0. The highest BCUT2D eigenvalue weighted by Crippen LogP contribution is 2.39. The van der Waals surface area contributed by atoms with Crippen LogP contribution in [0.1, 0.15) is 0 Å². The summed E-state index contributed by atoms with van der Waals surface area (Å²) < 4.78 is 7.36. The molecule has 0 N–H and O–H groups in total. The van der Waals surface area contributed by atoms with E-state index in [4.69, 9.17) is 0 Å². The van der Waals surface area contributed by atoms with Crippen LogP contribution >= 0.6 is 0 Å². The van der Waals surface area contributed by atoms with Crippen LogP contribution in [0.4, 0.5) is 0 Å². The summed E-state index contributed by atoms with van der Waals surface area (Å²) in [5.74, 6) is 0. The van der Waals surface area contributed by atoms with Gasteiger partial charge in [-0.3, -0.25) is 0 Å². The standard InChI is InChI=1S/C60H41N3Si/c1-5-20-42(21-6-1)61-56-39-37-43(40-52(56)50-38-36-44(41-58(50)61)62-53-31-16-13-28-48(53)49-29-14-17-32-54(49)62)63-55-33-18-15-30-51(55)60-57(63)34-19-35-59(60)64(45-22-7-2-8-23-45,46-24-9-3-10-25-46)47-26-11-4-12-27-47/h1-41H. The Morgan fingerprint density at radius 2 is 0.641 bits per heavy atom. The summed E-state index contributed by atoms with van der Waals surface area (Å²) in [4.78, 5) is 0. The third kappa shape index (κ3) is 5.27. The summed E-state index contributed by atoms with van der Waals surface area (Å²) in [7, 11) is -2.87. The van der Waals surface area contributed by atoms with Gasteiger partial charge in [0.2, 0.25) is 0 Å². The summed E-state index contributed by atoms with van der Waals surface area (Å²) in [5.41, 5.74) is 10.6. The minimum atomic E-state index is -2.87. The van der Waals surface area contributed by atoms with Crippen LogP contribution in [0, 0.1) is 0 Å². The molecule has 0 aliphatic heterocycles. The molecule has 13 aromatic rings. The molecule has 0 bridgehead atoms. The Kier molecular flexibility index (Phi) is 8.23. The van der Waals surface area contributed by atoms with E-state index in [9.17, 15) is 0 Å². The molecule has 3 nitrogen and oxygen atoms in total. The molecule has 0 saturated heterocycles. The highest BCUT2D eigenvalue weighted by molar-refractivity contribution is 7.20. The topological polar surface area (TPSA) is 14.8 Å². The zero-order chi connectivity index (χ0) is 42.2. The van der Waals surface area contributed by atoms with Crippen molar-refractivity contribution in [1.29, 1.82) is 0 Å². The molecule has 300 valence electrons. The molecular weight excluding hydrogens is 791 g/mol. The van der Waals surface area contributed by atoms with Gasteiger partial charge in [-0.1, -0.05) is 182 Å². The Balaban J connectivity index is 1.09. The Labute approximate surface area is 372 Å². The van der Waals surface area contributed by atoms with Crippen molar-refractivity contribution in [3.8, 4) is 17.1 Å². The molecule has 3 heterocycles. The molecule has 0 saturated carbocycles. The summed E-state index contributed by atoms with van der Waals surface area (Å²) in [6.07, 6.45) is 0. The molecule has 4 heteroatoms. The van der Waals surface area contributed by atoms with Gasteiger partial charge in [-0.2, -0.15) is 0 Å². The average molecular weight is 832 g/mol. The first-order valence-corrected chi connectivity index (χ1v) is 24.1. The number of aromatic nitrogens is 3. The number of benzene rings is 10. The number of para-hydroxylation sites is 4. The first kappa shape index (κ1) is 36.5. The Morgan fingerprint density at radius 1 is 0.234 bits per heavy atom. The fourth-order valence-electron chi connectivity index (χ4n) is 11.0. The van der Waals surface area contributed by atoms with Crippen molar-refractivity contribution in [1.82, 2.24) is 13.7 Å². The fourth-order valence-corrected chi connectivity index (χ4v) is 16.0. The predicted octanol–water partition coefficient (Wildman–Crippen LogP) is 12.4. The third-order valence-corrected chi connectivity index (χ3v) is 18.4. The Hall–Kier alpha value is -8.18. The van der Waals surface area contributed by atoms with Crippen LogP contribution < -0.4 is 20.7 Å². The lowest BCUT2D eigenvalue weighted by Gasteiger charge is -2.35. The SMILES string of the molecule is c1ccc(-n2c3ccc(-n4c5ccccc5c5c([Si](c6ccccc6)(c6ccccc6)c6ccccc6)cccc54)cc3c3ccc(-n4c5ccccc5c5ccccc54)cc32)cc1. The largest absolute Gasteiger partial charge is 0.309 e. The molecule has 3 aromatic heterocycles. The predicted molar refractivity (Wildman–Crippen MR) is 273 cm³/mol. The van der Waals surface area contributed by atoms with Crippen LogP contribution in [0.15, 0.2) is 249 Å². The van der Waals surface area contributed by atoms with Gasteiger partial charge in [0, 0.05) is 49.4 Å². The maximum atomic E-state index is 2.51. The third-order valence-electron chi connectivity index (χ3n) is 13.6. The molecule has 0 aliphatic rings. The lowest BCUT2D eigenvalue weighted by Crippen LogP contribution is -2.74. The van der Waals surface area contributed by atoms with Crippen LogP contribution in [0.5, 0.6) is 0 Å². The minimum Gasteiger partial charge on any atom is -0.309 e. The first-order chi connectivity index (χ1) is 31.8. The van der Waals surface area contributed by atoms with Gasteiger partial charge in [0.25, 0.3) is 0 Å². The maximum Gasteiger partial charge on any atom is 0.180 e. The second-order valence-corrected chi connectivity index (χ2v) is 20.6. The van der Waals surface area contributed by atoms with E-state index in [2.05, 4.69) is 262 Å². The Morgan fingerprint density at radius 3 is 1.23 bits per heavy atom. The van der Waals surface area contributed by atoms with E-state index >= 15 is 0 Å². The smallest absolute Gasteiger partial charge is 0.180 e. The van der Waals surface area contributed by atoms with E-state index in [1.807, 2.05) is 0 Å². The van der Waals surface area contributed by atoms with Gasteiger partial charge in [0.05, 0.1) is 33.1 Å². The molecule has 13 rings (SSSR count). The van der Waals surface area contributed by atoms with Gasteiger partial charge in [0.1, 0.15) is 0 Å². The van der Waals surface area contributed by atoms with Gasteiger partial charge in [-0.25, -0.2) is 0 Å². The van der Waals surface area contributed by atoms with E-state index in [1.165, 1.54) is 86.2 Å². The number of hydrogen-bond donors (Lipinski definition) is 0. The summed E-state index contributed by atoms with van der Waals surface area (Å²) >= 11 is 0. The summed E-state index contributed by atoms with van der Waals surface area (Å²) in [6, 6.07) is 92.3. The van der Waals surface area contributed by atoms with Crippen molar-refractivity contribution < 1.29 is 0 Å². The van der Waals surface area contributed by atoms with Crippen molar-refractivity contribution in [3.63, 3.8) is 0 Å². The molecule has 0 amide bonds. The fraction of sp³-hybridized carbons (Fsp3) is 0. The van der Waals surface area contributed by atoms with Crippen molar-refractivity contribution in [2.45, 2.75) is 0 Å². The van der Waals surface area contributed by atoms with E-state index in [-0.39, 0.29) is 0 Å². The van der Waals surface area contributed by atoms with Gasteiger partial charge in [-0.05, 0) is 87.5 Å². The Bertz CT molecular complexity index is 3730. The van der Waals surface area contributed by atoms with E-state index in [0.717, 1.165) is 17.1 Å². The van der Waals surface area contributed by atoms with Crippen LogP contribution in [-0.4, -0.2) is 21.8 Å². The second kappa shape index (κ2) is 14.5. The monoisotopic (exact) mass is 831 g/mol. The van der Waals surface area contributed by atoms with E-state index < -0.39 is 8.07 Å². The number of hydrogen-bond acceptors (Lipinski definition) is 0. The molecule has 0 aliphatic carbocycles. The number of fused-ring (bicyclic) bond motifs is 9. The van der Waals surface area contributed by atoms with Gasteiger partial charge < -0.3 is 13.7 Å². The highest BCUT2D eigenvalue weighted by atomic mass is 28.3. The normalized spacial score (nSPS) is 12.1. The van der Waals surface area contributed by atoms with Gasteiger partial charge in [-0.15, -0.1) is 0 Å². The molecule has 0 atom stereocenters. The van der Waals surface area contributed by atoms with Crippen molar-refractivity contribution in [2.75, 3.05) is 0 Å². The summed E-state index contributed by atoms with van der Waals surface area (Å²) in [5, 5.41) is 13.0. The lowest BCUT2D eigenvalue weighted by molar-refractivity contribution is 1.15. The zero-order valence-electron chi connectivity index (χ0n) is 35.0. The minimum absolute atomic E-state index is 1.14. The molecule has 10 aromatic carbocycles. The zero-order valence-corrected chi connectivity index (χ0v) is 36.0. The molecule has 0 spiro atoms. The van der Waals surface area contributed by atoms with E-state index in [1.54, 1.807) is 0 Å². The number of rotatable bonds is 7. The van der Waals surface area contributed by atoms with Crippen LogP contribution in [0.3, 0.4) is 0 Å². The molecule has 0 fully saturated rings. The number of nitrogens with zero attached hydrogens (tertiary/aromatic N) is 3. The van der Waals surface area contributed by atoms with Crippen molar-refractivity contribution in [3.05, 3.63) is 249 Å². The lowest BCUT2D eigenvalue weighted by atomic mass is 10.1. The van der Waals surface area contributed by atoms with Crippen molar-refractivity contribution >= 4 is 94.2 Å². The highest BCUT2D eigenvalue weighted by Gasteiger charge is 2.43. The van der Waals surface area contributed by atoms with Crippen molar-refractivity contribution in [2.24, 2.45) is 0 Å². The average Bonchev–Trinajstić information content (AvgIpc) is 4.01. The molecule has 0 radical (unpaired) electrons. The quantitative estimate of drug-likeness (QED) is 0.112. The second-order valence-electron chi connectivity index (χ2n) is 16.8. The van der Waals surface area contributed by atoms with Crippen LogP contribution in [0.2, 0.25) is 0 Å². The molecule has 0 unspecified atom stereocenters. The maximum absolute atomic E-state index is 2.87. The first-order valence-electron chi connectivity index (χ1n) is 22.1. The van der Waals surface area contributed by atoms with Gasteiger partial charge >= 0.3 is 0 Å². The van der Waals surface area contributed by atoms with Crippen LogP contribution in [-0.2, 0) is 0 Å². The molecule has 64 heavy (non-hydrogen) atoms. The van der Waals surface area contributed by atoms with Crippen LogP contribution in [0.25, 0.3) is 82.5 Å². The van der Waals surface area contributed by atoms with Gasteiger partial charge in [0.15, 0.2) is 8.07 Å². The van der Waals surface area contributed by atoms with E-state index in [0.29, 0.717) is 0 Å².